The van der Waals surface area contributed by atoms with Gasteiger partial charge in [0.1, 0.15) is 0 Å². The molecule has 3 rings (SSSR count). The third-order valence-electron chi connectivity index (χ3n) is 4.84. The molecule has 0 radical (unpaired) electrons. The molecule has 2 bridgehead atoms. The normalized spacial score (nSPS) is 32.9. The first-order valence-corrected chi connectivity index (χ1v) is 6.80. The first-order valence-electron chi connectivity index (χ1n) is 6.80. The van der Waals surface area contributed by atoms with Gasteiger partial charge in [-0.05, 0) is 49.5 Å². The van der Waals surface area contributed by atoms with Crippen molar-refractivity contribution in [3.63, 3.8) is 0 Å². The molecule has 0 aliphatic heterocycles. The third kappa shape index (κ3) is 2.00. The molecular formula is C15H22N2. The largest absolute Gasteiger partial charge is 0.271 e. The van der Waals surface area contributed by atoms with Crippen molar-refractivity contribution >= 4 is 0 Å². The van der Waals surface area contributed by atoms with Gasteiger partial charge in [0, 0.05) is 6.04 Å². The van der Waals surface area contributed by atoms with E-state index < -0.39 is 0 Å². The highest BCUT2D eigenvalue weighted by atomic mass is 15.2. The molecule has 17 heavy (non-hydrogen) atoms. The average Bonchev–Trinajstić information content (AvgIpc) is 2.95. The molecule has 0 aromatic heterocycles. The Balaban J connectivity index is 1.81. The van der Waals surface area contributed by atoms with Gasteiger partial charge in [0.15, 0.2) is 0 Å². The quantitative estimate of drug-likeness (QED) is 0.619. The minimum atomic E-state index is 0.353. The molecule has 1 aromatic rings. The Morgan fingerprint density at radius 2 is 1.94 bits per heavy atom. The summed E-state index contributed by atoms with van der Waals surface area (Å²) in [4.78, 5) is 0. The number of hydrogen-bond donors (Lipinski definition) is 2. The van der Waals surface area contributed by atoms with Crippen LogP contribution in [-0.2, 0) is 0 Å². The van der Waals surface area contributed by atoms with Gasteiger partial charge in [-0.3, -0.25) is 11.3 Å². The van der Waals surface area contributed by atoms with Crippen molar-refractivity contribution in [3.05, 3.63) is 35.4 Å². The number of hydrogen-bond acceptors (Lipinski definition) is 2. The van der Waals surface area contributed by atoms with Crippen LogP contribution < -0.4 is 11.3 Å². The van der Waals surface area contributed by atoms with Crippen molar-refractivity contribution in [2.24, 2.45) is 23.6 Å². The number of nitrogens with two attached hydrogens (primary N) is 1. The lowest BCUT2D eigenvalue weighted by Gasteiger charge is -2.30. The summed E-state index contributed by atoms with van der Waals surface area (Å²) in [6, 6.07) is 9.18. The molecule has 0 spiro atoms. The minimum Gasteiger partial charge on any atom is -0.271 e. The summed E-state index contributed by atoms with van der Waals surface area (Å²) < 4.78 is 0. The second kappa shape index (κ2) is 4.43. The fourth-order valence-corrected chi connectivity index (χ4v) is 3.94. The van der Waals surface area contributed by atoms with Crippen LogP contribution in [0.25, 0.3) is 0 Å². The SMILES string of the molecule is Cc1ccc(C(NN)C2CC3CCC2C3)cc1. The Kier molecular flexibility index (Phi) is 2.93. The van der Waals surface area contributed by atoms with Gasteiger partial charge in [-0.1, -0.05) is 36.2 Å². The van der Waals surface area contributed by atoms with Gasteiger partial charge in [-0.15, -0.1) is 0 Å². The zero-order valence-corrected chi connectivity index (χ0v) is 10.5. The molecule has 2 saturated carbocycles. The maximum Gasteiger partial charge on any atom is 0.0490 e. The molecule has 0 heterocycles. The zero-order chi connectivity index (χ0) is 11.8. The highest BCUT2D eigenvalue weighted by Gasteiger charge is 2.43. The van der Waals surface area contributed by atoms with Gasteiger partial charge < -0.3 is 0 Å². The molecule has 2 aliphatic rings. The van der Waals surface area contributed by atoms with Crippen LogP contribution in [0.2, 0.25) is 0 Å². The van der Waals surface area contributed by atoms with Crippen molar-refractivity contribution in [2.75, 3.05) is 0 Å². The van der Waals surface area contributed by atoms with Crippen LogP contribution in [0.5, 0.6) is 0 Å². The molecule has 4 atom stereocenters. The van der Waals surface area contributed by atoms with E-state index in [4.69, 9.17) is 5.84 Å². The second-order valence-electron chi connectivity index (χ2n) is 5.89. The maximum absolute atomic E-state index is 5.80. The van der Waals surface area contributed by atoms with E-state index in [1.165, 1.54) is 36.8 Å². The number of fused-ring (bicyclic) bond motifs is 2. The molecule has 3 N–H and O–H groups in total. The summed E-state index contributed by atoms with van der Waals surface area (Å²) in [5, 5.41) is 0. The van der Waals surface area contributed by atoms with Gasteiger partial charge in [0.25, 0.3) is 0 Å². The molecule has 2 nitrogen and oxygen atoms in total. The standard InChI is InChI=1S/C15H22N2/c1-10-2-5-12(6-3-10)15(17-16)14-9-11-4-7-13(14)8-11/h2-3,5-6,11,13-15,17H,4,7-9,16H2,1H3. The smallest absolute Gasteiger partial charge is 0.0490 e. The maximum atomic E-state index is 5.80. The number of rotatable bonds is 3. The van der Waals surface area contributed by atoms with E-state index in [9.17, 15) is 0 Å². The van der Waals surface area contributed by atoms with E-state index in [-0.39, 0.29) is 0 Å². The second-order valence-corrected chi connectivity index (χ2v) is 5.89. The third-order valence-corrected chi connectivity index (χ3v) is 4.84. The summed E-state index contributed by atoms with van der Waals surface area (Å²) in [6.45, 7) is 2.13. The fourth-order valence-electron chi connectivity index (χ4n) is 3.94. The van der Waals surface area contributed by atoms with Crippen molar-refractivity contribution in [2.45, 2.75) is 38.6 Å². The lowest BCUT2D eigenvalue weighted by atomic mass is 9.80. The lowest BCUT2D eigenvalue weighted by Crippen LogP contribution is -2.35. The predicted molar refractivity (Wildman–Crippen MR) is 70.2 cm³/mol. The summed E-state index contributed by atoms with van der Waals surface area (Å²) in [7, 11) is 0. The van der Waals surface area contributed by atoms with E-state index in [2.05, 4.69) is 36.6 Å². The Labute approximate surface area is 104 Å². The van der Waals surface area contributed by atoms with Gasteiger partial charge in [0.05, 0.1) is 0 Å². The highest BCUT2D eigenvalue weighted by Crippen LogP contribution is 2.52. The van der Waals surface area contributed by atoms with Crippen molar-refractivity contribution in [1.82, 2.24) is 5.43 Å². The van der Waals surface area contributed by atoms with E-state index in [0.717, 1.165) is 17.8 Å². The summed E-state index contributed by atoms with van der Waals surface area (Å²) in [5.41, 5.74) is 5.74. The molecule has 2 heteroatoms. The van der Waals surface area contributed by atoms with Gasteiger partial charge >= 0.3 is 0 Å². The van der Waals surface area contributed by atoms with Crippen molar-refractivity contribution < 1.29 is 0 Å². The van der Waals surface area contributed by atoms with Crippen molar-refractivity contribution in [3.8, 4) is 0 Å². The molecule has 0 amide bonds. The van der Waals surface area contributed by atoms with Gasteiger partial charge in [-0.25, -0.2) is 0 Å². The van der Waals surface area contributed by atoms with E-state index >= 15 is 0 Å². The van der Waals surface area contributed by atoms with Crippen LogP contribution >= 0.6 is 0 Å². The van der Waals surface area contributed by atoms with E-state index in [1.54, 1.807) is 0 Å². The van der Waals surface area contributed by atoms with Crippen LogP contribution in [0, 0.1) is 24.7 Å². The average molecular weight is 230 g/mol. The molecule has 4 unspecified atom stereocenters. The van der Waals surface area contributed by atoms with Gasteiger partial charge in [0.2, 0.25) is 0 Å². The Morgan fingerprint density at radius 3 is 2.47 bits per heavy atom. The van der Waals surface area contributed by atoms with Crippen LogP contribution in [-0.4, -0.2) is 0 Å². The van der Waals surface area contributed by atoms with Crippen LogP contribution in [0.1, 0.15) is 42.9 Å². The number of benzene rings is 1. The van der Waals surface area contributed by atoms with E-state index in [0.29, 0.717) is 6.04 Å². The molecule has 0 saturated heterocycles. The molecule has 1 aromatic carbocycles. The number of hydrazine groups is 1. The topological polar surface area (TPSA) is 38.0 Å². The predicted octanol–water partition coefficient (Wildman–Crippen LogP) is 2.94. The fraction of sp³-hybridized carbons (Fsp3) is 0.600. The molecule has 2 aliphatic carbocycles. The minimum absolute atomic E-state index is 0.353. The first kappa shape index (κ1) is 11.2. The van der Waals surface area contributed by atoms with Crippen LogP contribution in [0.3, 0.4) is 0 Å². The zero-order valence-electron chi connectivity index (χ0n) is 10.5. The summed E-state index contributed by atoms with van der Waals surface area (Å²) in [5.74, 6) is 8.44. The monoisotopic (exact) mass is 230 g/mol. The lowest BCUT2D eigenvalue weighted by molar-refractivity contribution is 0.252. The van der Waals surface area contributed by atoms with Crippen LogP contribution in [0.15, 0.2) is 24.3 Å². The number of nitrogens with one attached hydrogen (secondary N) is 1. The van der Waals surface area contributed by atoms with Crippen molar-refractivity contribution in [1.29, 1.82) is 0 Å². The first-order chi connectivity index (χ1) is 8.28. The molecular weight excluding hydrogens is 208 g/mol. The Bertz CT molecular complexity index is 384. The Morgan fingerprint density at radius 1 is 1.18 bits per heavy atom. The number of aryl methyl sites for hydroxylation is 1. The van der Waals surface area contributed by atoms with Crippen LogP contribution in [0.4, 0.5) is 0 Å². The summed E-state index contributed by atoms with van der Waals surface area (Å²) in [6.07, 6.45) is 5.67. The van der Waals surface area contributed by atoms with Gasteiger partial charge in [-0.2, -0.15) is 0 Å². The molecule has 2 fully saturated rings. The van der Waals surface area contributed by atoms with E-state index in [1.807, 2.05) is 0 Å². The summed E-state index contributed by atoms with van der Waals surface area (Å²) >= 11 is 0. The highest BCUT2D eigenvalue weighted by molar-refractivity contribution is 5.25. The molecule has 92 valence electrons. The Hall–Kier alpha value is -0.860.